The minimum atomic E-state index is -4.43. The van der Waals surface area contributed by atoms with Gasteiger partial charge in [0, 0.05) is 6.07 Å². The minimum absolute atomic E-state index is 0.0574. The number of benzene rings is 2. The molecule has 1 aromatic heterocycles. The van der Waals surface area contributed by atoms with Gasteiger partial charge in [0.25, 0.3) is 0 Å². The molecule has 0 aliphatic rings. The van der Waals surface area contributed by atoms with Crippen LogP contribution in [0.2, 0.25) is 5.15 Å². The molecule has 0 unspecified atom stereocenters. The molecule has 0 spiro atoms. The maximum Gasteiger partial charge on any atom is 0.416 e. The Morgan fingerprint density at radius 3 is 2.15 bits per heavy atom. The zero-order chi connectivity index (χ0) is 19.4. The summed E-state index contributed by atoms with van der Waals surface area (Å²) < 4.78 is 54.2. The van der Waals surface area contributed by atoms with Crippen LogP contribution in [0.4, 0.5) is 13.2 Å². The van der Waals surface area contributed by atoms with Crippen LogP contribution in [-0.2, 0) is 6.18 Å². The van der Waals surface area contributed by atoms with Gasteiger partial charge in [0.2, 0.25) is 5.88 Å². The van der Waals surface area contributed by atoms with Gasteiger partial charge >= 0.3 is 12.2 Å². The van der Waals surface area contributed by atoms with Crippen molar-refractivity contribution < 1.29 is 27.4 Å². The fourth-order valence-electron chi connectivity index (χ4n) is 2.09. The number of aromatic nitrogens is 2. The van der Waals surface area contributed by atoms with Crippen molar-refractivity contribution in [2.75, 3.05) is 7.11 Å². The summed E-state index contributed by atoms with van der Waals surface area (Å²) in [6, 6.07) is 12.3. The van der Waals surface area contributed by atoms with E-state index in [0.717, 1.165) is 12.1 Å². The Hall–Kier alpha value is -3.00. The molecule has 9 heteroatoms. The number of alkyl halides is 3. The smallest absolute Gasteiger partial charge is 0.416 e. The summed E-state index contributed by atoms with van der Waals surface area (Å²) in [4.78, 5) is 7.82. The molecular weight excluding hydrogens is 385 g/mol. The molecule has 140 valence electrons. The van der Waals surface area contributed by atoms with E-state index in [-0.39, 0.29) is 22.8 Å². The molecule has 0 N–H and O–H groups in total. The summed E-state index contributed by atoms with van der Waals surface area (Å²) in [5.74, 6) is 1.02. The third kappa shape index (κ3) is 5.01. The van der Waals surface area contributed by atoms with E-state index in [1.165, 1.54) is 25.3 Å². The third-order valence-electron chi connectivity index (χ3n) is 3.28. The Labute approximate surface area is 157 Å². The second kappa shape index (κ2) is 7.71. The van der Waals surface area contributed by atoms with E-state index in [1.54, 1.807) is 24.3 Å². The van der Waals surface area contributed by atoms with Gasteiger partial charge < -0.3 is 14.2 Å². The molecule has 0 radical (unpaired) electrons. The maximum absolute atomic E-state index is 12.7. The molecule has 0 saturated heterocycles. The van der Waals surface area contributed by atoms with Crippen LogP contribution in [0, 0.1) is 0 Å². The van der Waals surface area contributed by atoms with Crippen molar-refractivity contribution in [3.63, 3.8) is 0 Å². The minimum Gasteiger partial charge on any atom is -0.467 e. The topological polar surface area (TPSA) is 53.5 Å². The first-order valence-electron chi connectivity index (χ1n) is 7.55. The van der Waals surface area contributed by atoms with Gasteiger partial charge in [0.15, 0.2) is 0 Å². The van der Waals surface area contributed by atoms with E-state index in [1.807, 2.05) is 0 Å². The first-order valence-corrected chi connectivity index (χ1v) is 7.93. The molecule has 5 nitrogen and oxygen atoms in total. The molecule has 2 aromatic carbocycles. The lowest BCUT2D eigenvalue weighted by atomic mass is 10.2. The van der Waals surface area contributed by atoms with Crippen molar-refractivity contribution in [1.82, 2.24) is 9.97 Å². The first kappa shape index (κ1) is 18.8. The van der Waals surface area contributed by atoms with Crippen molar-refractivity contribution >= 4 is 11.6 Å². The van der Waals surface area contributed by atoms with E-state index < -0.39 is 11.7 Å². The summed E-state index contributed by atoms with van der Waals surface area (Å²) in [5, 5.41) is 0.154. The number of methoxy groups -OCH3 is 1. The van der Waals surface area contributed by atoms with Gasteiger partial charge in [-0.25, -0.2) is 0 Å². The number of hydrogen-bond donors (Lipinski definition) is 0. The summed E-state index contributed by atoms with van der Waals surface area (Å²) in [5.41, 5.74) is -0.783. The van der Waals surface area contributed by atoms with E-state index in [4.69, 9.17) is 25.8 Å². The summed E-state index contributed by atoms with van der Waals surface area (Å²) in [6.07, 6.45) is -4.43. The van der Waals surface area contributed by atoms with Crippen LogP contribution < -0.4 is 14.2 Å². The fraction of sp³-hybridized carbons (Fsp3) is 0.111. The summed E-state index contributed by atoms with van der Waals surface area (Å²) >= 11 is 5.84. The Balaban J connectivity index is 1.72. The zero-order valence-electron chi connectivity index (χ0n) is 13.8. The number of halogens is 4. The molecule has 0 fully saturated rings. The highest BCUT2D eigenvalue weighted by Crippen LogP contribution is 2.33. The van der Waals surface area contributed by atoms with E-state index in [9.17, 15) is 13.2 Å². The molecule has 3 rings (SSSR count). The van der Waals surface area contributed by atoms with Gasteiger partial charge in [-0.1, -0.05) is 17.7 Å². The molecule has 1 heterocycles. The molecule has 0 bridgehead atoms. The highest BCUT2D eigenvalue weighted by atomic mass is 35.5. The molecule has 0 amide bonds. The van der Waals surface area contributed by atoms with Crippen LogP contribution in [0.25, 0.3) is 0 Å². The number of rotatable bonds is 5. The number of nitrogens with zero attached hydrogens (tertiary/aromatic N) is 2. The van der Waals surface area contributed by atoms with Crippen molar-refractivity contribution in [1.29, 1.82) is 0 Å². The van der Waals surface area contributed by atoms with Crippen molar-refractivity contribution in [3.05, 3.63) is 65.3 Å². The quantitative estimate of drug-likeness (QED) is 0.514. The van der Waals surface area contributed by atoms with Gasteiger partial charge in [-0.3, -0.25) is 0 Å². The van der Waals surface area contributed by atoms with Crippen LogP contribution >= 0.6 is 11.6 Å². The van der Waals surface area contributed by atoms with Gasteiger partial charge in [-0.15, -0.1) is 0 Å². The lowest BCUT2D eigenvalue weighted by Crippen LogP contribution is -2.04. The van der Waals surface area contributed by atoms with Crippen molar-refractivity contribution in [2.45, 2.75) is 6.18 Å². The predicted octanol–water partition coefficient (Wildman–Crippen LogP) is 5.74. The molecule has 0 saturated carbocycles. The molecular formula is C18H12ClF3N2O3. The molecule has 0 atom stereocenters. The Morgan fingerprint density at radius 1 is 0.852 bits per heavy atom. The van der Waals surface area contributed by atoms with Crippen molar-refractivity contribution in [2.24, 2.45) is 0 Å². The largest absolute Gasteiger partial charge is 0.467 e. The van der Waals surface area contributed by atoms with Gasteiger partial charge in [0.05, 0.1) is 12.7 Å². The first-order chi connectivity index (χ1) is 12.8. The van der Waals surface area contributed by atoms with E-state index in [2.05, 4.69) is 9.97 Å². The maximum atomic E-state index is 12.7. The van der Waals surface area contributed by atoms with Crippen LogP contribution in [0.15, 0.2) is 54.6 Å². The number of ether oxygens (including phenoxy) is 3. The normalized spacial score (nSPS) is 11.1. The second-order valence-electron chi connectivity index (χ2n) is 5.22. The van der Waals surface area contributed by atoms with Crippen LogP contribution in [0.3, 0.4) is 0 Å². The van der Waals surface area contributed by atoms with Crippen molar-refractivity contribution in [3.8, 4) is 29.1 Å². The average molecular weight is 397 g/mol. The van der Waals surface area contributed by atoms with Crippen LogP contribution in [0.1, 0.15) is 5.56 Å². The summed E-state index contributed by atoms with van der Waals surface area (Å²) in [7, 11) is 1.40. The standard InChI is InChI=1S/C18H12ClF3N2O3/c1-25-17-23-15(19)10-16(24-17)27-13-7-5-12(6-8-13)26-14-4-2-3-11(9-14)18(20,21)22/h2-10H,1H3. The van der Waals surface area contributed by atoms with E-state index in [0.29, 0.717) is 11.5 Å². The second-order valence-corrected chi connectivity index (χ2v) is 5.60. The molecule has 3 aromatic rings. The monoisotopic (exact) mass is 396 g/mol. The molecule has 27 heavy (non-hydrogen) atoms. The Kier molecular flexibility index (Phi) is 5.36. The van der Waals surface area contributed by atoms with E-state index >= 15 is 0 Å². The summed E-state index contributed by atoms with van der Waals surface area (Å²) in [6.45, 7) is 0. The molecule has 0 aliphatic heterocycles. The number of hydrogen-bond acceptors (Lipinski definition) is 5. The SMILES string of the molecule is COc1nc(Cl)cc(Oc2ccc(Oc3cccc(C(F)(F)F)c3)cc2)n1. The van der Waals surface area contributed by atoms with Gasteiger partial charge in [0.1, 0.15) is 22.4 Å². The zero-order valence-corrected chi connectivity index (χ0v) is 14.6. The highest BCUT2D eigenvalue weighted by Gasteiger charge is 2.30. The van der Waals surface area contributed by atoms with Gasteiger partial charge in [-0.2, -0.15) is 23.1 Å². The van der Waals surface area contributed by atoms with Crippen LogP contribution in [0.5, 0.6) is 29.1 Å². The lowest BCUT2D eigenvalue weighted by molar-refractivity contribution is -0.137. The van der Waals surface area contributed by atoms with Gasteiger partial charge in [-0.05, 0) is 42.5 Å². The highest BCUT2D eigenvalue weighted by molar-refractivity contribution is 6.29. The Bertz CT molecular complexity index is 934. The lowest BCUT2D eigenvalue weighted by Gasteiger charge is -2.11. The molecule has 0 aliphatic carbocycles. The fourth-order valence-corrected chi connectivity index (χ4v) is 2.25. The third-order valence-corrected chi connectivity index (χ3v) is 3.47. The van der Waals surface area contributed by atoms with Crippen LogP contribution in [-0.4, -0.2) is 17.1 Å². The predicted molar refractivity (Wildman–Crippen MR) is 91.6 cm³/mol. The Morgan fingerprint density at radius 2 is 1.52 bits per heavy atom. The average Bonchev–Trinajstić information content (AvgIpc) is 2.62.